The number of amides is 1. The second-order valence-corrected chi connectivity index (χ2v) is 5.96. The fraction of sp³-hybridized carbons (Fsp3) is 0.278. The summed E-state index contributed by atoms with van der Waals surface area (Å²) in [5.74, 6) is 0.147. The van der Waals surface area contributed by atoms with Crippen molar-refractivity contribution in [2.24, 2.45) is 0 Å². The number of alkyl halides is 1. The lowest BCUT2D eigenvalue weighted by atomic mass is 10.0. The normalized spacial score (nSPS) is 10.9. The van der Waals surface area contributed by atoms with Crippen LogP contribution in [-0.2, 0) is 6.54 Å². The van der Waals surface area contributed by atoms with E-state index in [0.717, 1.165) is 22.0 Å². The Bertz CT molecular complexity index is 935. The van der Waals surface area contributed by atoms with Gasteiger partial charge in [0, 0.05) is 11.6 Å². The Hall–Kier alpha value is -2.96. The van der Waals surface area contributed by atoms with Crippen LogP contribution in [0.3, 0.4) is 0 Å². The van der Waals surface area contributed by atoms with Crippen LogP contribution in [0.1, 0.15) is 27.2 Å². The number of carbonyl (C=O) groups is 1. The zero-order valence-electron chi connectivity index (χ0n) is 14.4. The fourth-order valence-electron chi connectivity index (χ4n) is 2.64. The predicted octanol–water partition coefficient (Wildman–Crippen LogP) is 3.08. The van der Waals surface area contributed by atoms with Gasteiger partial charge in [-0.25, -0.2) is 9.37 Å². The Labute approximate surface area is 145 Å². The molecule has 3 aromatic rings. The van der Waals surface area contributed by atoms with Crippen molar-refractivity contribution in [3.8, 4) is 0 Å². The summed E-state index contributed by atoms with van der Waals surface area (Å²) in [6, 6.07) is 7.55. The minimum absolute atomic E-state index is 0.130. The van der Waals surface area contributed by atoms with Crippen molar-refractivity contribution < 1.29 is 9.18 Å². The molecule has 7 heteroatoms. The molecule has 1 aromatic carbocycles. The van der Waals surface area contributed by atoms with Crippen LogP contribution in [0.5, 0.6) is 0 Å². The molecule has 0 fully saturated rings. The van der Waals surface area contributed by atoms with Crippen molar-refractivity contribution in [2.45, 2.75) is 27.3 Å². The molecule has 2 N–H and O–H groups in total. The third-order valence-electron chi connectivity index (χ3n) is 4.20. The number of pyridine rings is 1. The van der Waals surface area contributed by atoms with Gasteiger partial charge in [0.05, 0.1) is 12.1 Å². The third-order valence-corrected chi connectivity index (χ3v) is 4.20. The van der Waals surface area contributed by atoms with Crippen LogP contribution in [0.4, 0.5) is 10.2 Å². The molecule has 0 saturated carbocycles. The summed E-state index contributed by atoms with van der Waals surface area (Å²) >= 11 is 0. The highest BCUT2D eigenvalue weighted by Gasteiger charge is 2.11. The first-order valence-corrected chi connectivity index (χ1v) is 8.03. The SMILES string of the molecule is Cc1ccc2c(C)cc(NNC(=O)c3ccn(CCF)n3)nc2c1C. The molecule has 3 rings (SSSR count). The average molecular weight is 341 g/mol. The largest absolute Gasteiger partial charge is 0.290 e. The molecule has 130 valence electrons. The minimum Gasteiger partial charge on any atom is -0.282 e. The maximum Gasteiger partial charge on any atom is 0.290 e. The van der Waals surface area contributed by atoms with E-state index in [1.54, 1.807) is 12.3 Å². The second-order valence-electron chi connectivity index (χ2n) is 5.96. The van der Waals surface area contributed by atoms with Crippen LogP contribution < -0.4 is 10.9 Å². The van der Waals surface area contributed by atoms with Crippen LogP contribution in [0.25, 0.3) is 10.9 Å². The second kappa shape index (κ2) is 6.88. The number of nitrogens with zero attached hydrogens (tertiary/aromatic N) is 3. The molecule has 0 spiro atoms. The van der Waals surface area contributed by atoms with E-state index in [1.165, 1.54) is 10.2 Å². The van der Waals surface area contributed by atoms with E-state index < -0.39 is 12.6 Å². The molecule has 25 heavy (non-hydrogen) atoms. The first-order chi connectivity index (χ1) is 12.0. The molecule has 0 saturated heterocycles. The van der Waals surface area contributed by atoms with Crippen molar-refractivity contribution >= 4 is 22.6 Å². The quantitative estimate of drug-likeness (QED) is 0.700. The van der Waals surface area contributed by atoms with Crippen molar-refractivity contribution in [3.05, 3.63) is 52.8 Å². The van der Waals surface area contributed by atoms with Crippen LogP contribution in [0.15, 0.2) is 30.5 Å². The number of halogens is 1. The number of anilines is 1. The molecule has 0 aliphatic rings. The van der Waals surface area contributed by atoms with E-state index >= 15 is 0 Å². The van der Waals surface area contributed by atoms with Crippen molar-refractivity contribution in [2.75, 3.05) is 12.1 Å². The van der Waals surface area contributed by atoms with Gasteiger partial charge >= 0.3 is 0 Å². The van der Waals surface area contributed by atoms with E-state index in [0.29, 0.717) is 5.82 Å². The third kappa shape index (κ3) is 3.45. The Morgan fingerprint density at radius 3 is 2.76 bits per heavy atom. The van der Waals surface area contributed by atoms with Gasteiger partial charge in [-0.1, -0.05) is 12.1 Å². The number of carbonyl (C=O) groups excluding carboxylic acids is 1. The van der Waals surface area contributed by atoms with Gasteiger partial charge in [0.15, 0.2) is 5.69 Å². The van der Waals surface area contributed by atoms with Gasteiger partial charge in [0.1, 0.15) is 12.5 Å². The van der Waals surface area contributed by atoms with Crippen LogP contribution in [-0.4, -0.2) is 27.3 Å². The topological polar surface area (TPSA) is 71.8 Å². The molecule has 2 aromatic heterocycles. The maximum atomic E-state index is 12.3. The average Bonchev–Trinajstić information content (AvgIpc) is 3.05. The van der Waals surface area contributed by atoms with E-state index in [9.17, 15) is 9.18 Å². The summed E-state index contributed by atoms with van der Waals surface area (Å²) < 4.78 is 13.7. The Morgan fingerprint density at radius 2 is 2.00 bits per heavy atom. The lowest BCUT2D eigenvalue weighted by Crippen LogP contribution is -2.30. The number of nitrogens with one attached hydrogen (secondary N) is 2. The molecular weight excluding hydrogens is 321 g/mol. The fourth-order valence-corrected chi connectivity index (χ4v) is 2.64. The number of rotatable bonds is 5. The van der Waals surface area contributed by atoms with Crippen molar-refractivity contribution in [1.29, 1.82) is 0 Å². The molecule has 0 aliphatic heterocycles. The van der Waals surface area contributed by atoms with Gasteiger partial charge in [0.25, 0.3) is 5.91 Å². The monoisotopic (exact) mass is 341 g/mol. The number of aromatic nitrogens is 3. The van der Waals surface area contributed by atoms with E-state index in [2.05, 4.69) is 33.1 Å². The summed E-state index contributed by atoms with van der Waals surface area (Å²) in [6.45, 7) is 5.68. The van der Waals surface area contributed by atoms with Crippen molar-refractivity contribution in [3.63, 3.8) is 0 Å². The van der Waals surface area contributed by atoms with Gasteiger partial charge in [-0.2, -0.15) is 5.10 Å². The number of fused-ring (bicyclic) bond motifs is 1. The highest BCUT2D eigenvalue weighted by Crippen LogP contribution is 2.24. The zero-order valence-corrected chi connectivity index (χ0v) is 14.4. The highest BCUT2D eigenvalue weighted by molar-refractivity contribution is 5.93. The summed E-state index contributed by atoms with van der Waals surface area (Å²) in [6.07, 6.45) is 1.57. The Morgan fingerprint density at radius 1 is 1.20 bits per heavy atom. The predicted molar refractivity (Wildman–Crippen MR) is 95.2 cm³/mol. The van der Waals surface area contributed by atoms with Crippen LogP contribution in [0, 0.1) is 20.8 Å². The molecular formula is C18H20FN5O. The first kappa shape index (κ1) is 16.9. The lowest BCUT2D eigenvalue weighted by molar-refractivity contribution is 0.0956. The first-order valence-electron chi connectivity index (χ1n) is 8.03. The zero-order chi connectivity index (χ0) is 18.0. The number of hydrazine groups is 1. The summed E-state index contributed by atoms with van der Waals surface area (Å²) in [5, 5.41) is 5.10. The lowest BCUT2D eigenvalue weighted by Gasteiger charge is -2.12. The van der Waals surface area contributed by atoms with Gasteiger partial charge in [-0.3, -0.25) is 20.3 Å². The summed E-state index contributed by atoms with van der Waals surface area (Å²) in [5.41, 5.74) is 9.87. The summed E-state index contributed by atoms with van der Waals surface area (Å²) in [4.78, 5) is 16.7. The van der Waals surface area contributed by atoms with E-state index in [-0.39, 0.29) is 12.2 Å². The van der Waals surface area contributed by atoms with E-state index in [1.807, 2.05) is 26.8 Å². The van der Waals surface area contributed by atoms with Gasteiger partial charge in [-0.05, 0) is 49.6 Å². The maximum absolute atomic E-state index is 12.3. The molecule has 6 nitrogen and oxygen atoms in total. The van der Waals surface area contributed by atoms with Gasteiger partial charge in [0.2, 0.25) is 0 Å². The Balaban J connectivity index is 1.78. The molecule has 0 radical (unpaired) electrons. The highest BCUT2D eigenvalue weighted by atomic mass is 19.1. The van der Waals surface area contributed by atoms with Gasteiger partial charge < -0.3 is 0 Å². The van der Waals surface area contributed by atoms with Gasteiger partial charge in [-0.15, -0.1) is 0 Å². The van der Waals surface area contributed by atoms with E-state index in [4.69, 9.17) is 0 Å². The number of hydrogen-bond acceptors (Lipinski definition) is 4. The smallest absolute Gasteiger partial charge is 0.282 e. The van der Waals surface area contributed by atoms with Crippen LogP contribution in [0.2, 0.25) is 0 Å². The molecule has 0 aliphatic carbocycles. The number of benzene rings is 1. The van der Waals surface area contributed by atoms with Crippen LogP contribution >= 0.6 is 0 Å². The Kier molecular flexibility index (Phi) is 4.65. The van der Waals surface area contributed by atoms with Crippen molar-refractivity contribution in [1.82, 2.24) is 20.2 Å². The minimum atomic E-state index is -0.528. The standard InChI is InChI=1S/C18H20FN5O/c1-11-4-5-14-12(2)10-16(20-17(14)13(11)3)21-22-18(25)15-6-8-24(23-15)9-7-19/h4-6,8,10H,7,9H2,1-3H3,(H,20,21)(H,22,25). The molecule has 0 bridgehead atoms. The molecule has 2 heterocycles. The molecule has 0 unspecified atom stereocenters. The molecule has 1 amide bonds. The number of aryl methyl sites for hydroxylation is 4. The summed E-state index contributed by atoms with van der Waals surface area (Å²) in [7, 11) is 0. The molecule has 0 atom stereocenters. The number of hydrogen-bond donors (Lipinski definition) is 2.